The molecule has 94 valence electrons. The molecule has 0 spiro atoms. The second-order valence-corrected chi connectivity index (χ2v) is 4.59. The van der Waals surface area contributed by atoms with Crippen LogP contribution >= 0.6 is 0 Å². The molecule has 1 fully saturated rings. The minimum atomic E-state index is 0.290. The van der Waals surface area contributed by atoms with Crippen molar-refractivity contribution in [2.75, 3.05) is 20.8 Å². The summed E-state index contributed by atoms with van der Waals surface area (Å²) < 4.78 is 11.1. The number of benzene rings is 1. The van der Waals surface area contributed by atoms with Crippen LogP contribution in [0, 0.1) is 0 Å². The van der Waals surface area contributed by atoms with Gasteiger partial charge in [-0.25, -0.2) is 0 Å². The zero-order valence-corrected chi connectivity index (χ0v) is 10.9. The summed E-state index contributed by atoms with van der Waals surface area (Å²) in [6, 6.07) is 6.12. The lowest BCUT2D eigenvalue weighted by atomic mass is 10.0. The minimum absolute atomic E-state index is 0.290. The largest absolute Gasteiger partial charge is 0.493 e. The Morgan fingerprint density at radius 1 is 1.35 bits per heavy atom. The summed E-state index contributed by atoms with van der Waals surface area (Å²) in [6.45, 7) is 2.65. The molecular weight excluding hydrogens is 214 g/mol. The summed E-state index contributed by atoms with van der Waals surface area (Å²) in [5, 5.41) is 3.41. The number of hydrogen-bond acceptors (Lipinski definition) is 3. The molecule has 0 aromatic heterocycles. The first-order valence-electron chi connectivity index (χ1n) is 6.22. The number of methoxy groups -OCH3 is 1. The van der Waals surface area contributed by atoms with Gasteiger partial charge in [0.1, 0.15) is 0 Å². The van der Waals surface area contributed by atoms with Gasteiger partial charge in [0, 0.05) is 5.54 Å². The summed E-state index contributed by atoms with van der Waals surface area (Å²) in [6.07, 6.45) is 3.49. The Bertz CT molecular complexity index is 386. The van der Waals surface area contributed by atoms with Crippen molar-refractivity contribution in [1.29, 1.82) is 0 Å². The molecule has 0 saturated heterocycles. The van der Waals surface area contributed by atoms with Crippen LogP contribution in [0.5, 0.6) is 11.5 Å². The Morgan fingerprint density at radius 2 is 2.12 bits per heavy atom. The molecule has 1 aliphatic rings. The van der Waals surface area contributed by atoms with Crippen LogP contribution in [0.2, 0.25) is 0 Å². The quantitative estimate of drug-likeness (QED) is 0.821. The molecule has 0 bridgehead atoms. The van der Waals surface area contributed by atoms with E-state index in [1.807, 2.05) is 26.1 Å². The lowest BCUT2D eigenvalue weighted by Gasteiger charge is -2.18. The van der Waals surface area contributed by atoms with Crippen molar-refractivity contribution in [3.63, 3.8) is 0 Å². The van der Waals surface area contributed by atoms with Crippen molar-refractivity contribution in [2.45, 2.75) is 31.7 Å². The van der Waals surface area contributed by atoms with E-state index in [1.165, 1.54) is 18.4 Å². The normalized spacial score (nSPS) is 16.6. The molecule has 0 atom stereocenters. The standard InChI is InChI=1S/C14H21NO2/c1-4-17-12-7-5-6-11(13(12)16-3)10-14(15-2)8-9-14/h5-7,15H,4,8-10H2,1-3H3. The average Bonchev–Trinajstić information content (AvgIpc) is 3.10. The predicted octanol–water partition coefficient (Wildman–Crippen LogP) is 2.39. The van der Waals surface area contributed by atoms with Gasteiger partial charge in [0.15, 0.2) is 11.5 Å². The molecule has 0 radical (unpaired) electrons. The SMILES string of the molecule is CCOc1cccc(CC2(NC)CC2)c1OC. The molecule has 0 unspecified atom stereocenters. The molecule has 0 heterocycles. The van der Waals surface area contributed by atoms with Gasteiger partial charge in [0.25, 0.3) is 0 Å². The molecular formula is C14H21NO2. The third kappa shape index (κ3) is 2.55. The Kier molecular flexibility index (Phi) is 3.57. The highest BCUT2D eigenvalue weighted by Crippen LogP contribution is 2.42. The zero-order valence-electron chi connectivity index (χ0n) is 10.9. The highest BCUT2D eigenvalue weighted by Gasteiger charge is 2.41. The van der Waals surface area contributed by atoms with E-state index >= 15 is 0 Å². The van der Waals surface area contributed by atoms with E-state index in [4.69, 9.17) is 9.47 Å². The Balaban J connectivity index is 2.23. The molecule has 1 N–H and O–H groups in total. The highest BCUT2D eigenvalue weighted by atomic mass is 16.5. The van der Waals surface area contributed by atoms with E-state index in [9.17, 15) is 0 Å². The lowest BCUT2D eigenvalue weighted by molar-refractivity contribution is 0.308. The summed E-state index contributed by atoms with van der Waals surface area (Å²) in [4.78, 5) is 0. The summed E-state index contributed by atoms with van der Waals surface area (Å²) in [5.41, 5.74) is 1.52. The Morgan fingerprint density at radius 3 is 2.65 bits per heavy atom. The molecule has 3 nitrogen and oxygen atoms in total. The predicted molar refractivity (Wildman–Crippen MR) is 68.9 cm³/mol. The summed E-state index contributed by atoms with van der Waals surface area (Å²) in [5.74, 6) is 1.73. The van der Waals surface area contributed by atoms with Crippen molar-refractivity contribution >= 4 is 0 Å². The summed E-state index contributed by atoms with van der Waals surface area (Å²) in [7, 11) is 3.74. The number of hydrogen-bond donors (Lipinski definition) is 1. The monoisotopic (exact) mass is 235 g/mol. The van der Waals surface area contributed by atoms with Crippen molar-refractivity contribution < 1.29 is 9.47 Å². The van der Waals surface area contributed by atoms with Crippen molar-refractivity contribution in [1.82, 2.24) is 5.32 Å². The van der Waals surface area contributed by atoms with E-state index in [0.717, 1.165) is 17.9 Å². The molecule has 1 aromatic carbocycles. The number of para-hydroxylation sites is 1. The molecule has 3 heteroatoms. The molecule has 1 aromatic rings. The first-order chi connectivity index (χ1) is 8.24. The van der Waals surface area contributed by atoms with Crippen LogP contribution in [0.1, 0.15) is 25.3 Å². The van der Waals surface area contributed by atoms with Gasteiger partial charge < -0.3 is 14.8 Å². The molecule has 1 aliphatic carbocycles. The van der Waals surface area contributed by atoms with Crippen LogP contribution in [-0.4, -0.2) is 26.3 Å². The van der Waals surface area contributed by atoms with Gasteiger partial charge in [-0.15, -0.1) is 0 Å². The van der Waals surface area contributed by atoms with E-state index in [1.54, 1.807) is 7.11 Å². The van der Waals surface area contributed by atoms with Crippen LogP contribution in [0.3, 0.4) is 0 Å². The molecule has 0 amide bonds. The topological polar surface area (TPSA) is 30.5 Å². The Labute approximate surface area is 103 Å². The maximum atomic E-state index is 5.59. The fourth-order valence-corrected chi connectivity index (χ4v) is 2.23. The van der Waals surface area contributed by atoms with Gasteiger partial charge in [-0.2, -0.15) is 0 Å². The van der Waals surface area contributed by atoms with Gasteiger partial charge >= 0.3 is 0 Å². The van der Waals surface area contributed by atoms with Gasteiger partial charge in [0.05, 0.1) is 13.7 Å². The van der Waals surface area contributed by atoms with Crippen LogP contribution < -0.4 is 14.8 Å². The Hall–Kier alpha value is -1.22. The van der Waals surface area contributed by atoms with E-state index < -0.39 is 0 Å². The van der Waals surface area contributed by atoms with Crippen LogP contribution in [0.25, 0.3) is 0 Å². The molecule has 0 aliphatic heterocycles. The second-order valence-electron chi connectivity index (χ2n) is 4.59. The first kappa shape index (κ1) is 12.2. The summed E-state index contributed by atoms with van der Waals surface area (Å²) >= 11 is 0. The maximum absolute atomic E-state index is 5.59. The molecule has 17 heavy (non-hydrogen) atoms. The fraction of sp³-hybridized carbons (Fsp3) is 0.571. The van der Waals surface area contributed by atoms with Crippen LogP contribution in [0.4, 0.5) is 0 Å². The first-order valence-corrected chi connectivity index (χ1v) is 6.22. The van der Waals surface area contributed by atoms with Crippen molar-refractivity contribution in [2.24, 2.45) is 0 Å². The number of likely N-dealkylation sites (N-methyl/N-ethyl adjacent to an activating group) is 1. The van der Waals surface area contributed by atoms with E-state index in [2.05, 4.69) is 11.4 Å². The molecule has 1 saturated carbocycles. The van der Waals surface area contributed by atoms with Crippen LogP contribution in [-0.2, 0) is 6.42 Å². The maximum Gasteiger partial charge on any atom is 0.163 e. The average molecular weight is 235 g/mol. The molecule has 2 rings (SSSR count). The third-order valence-electron chi connectivity index (χ3n) is 3.48. The van der Waals surface area contributed by atoms with Gasteiger partial charge in [0.2, 0.25) is 0 Å². The van der Waals surface area contributed by atoms with Gasteiger partial charge in [-0.1, -0.05) is 12.1 Å². The van der Waals surface area contributed by atoms with Gasteiger partial charge in [-0.05, 0) is 44.9 Å². The smallest absolute Gasteiger partial charge is 0.163 e. The van der Waals surface area contributed by atoms with E-state index in [0.29, 0.717) is 6.61 Å². The number of nitrogens with one attached hydrogen (secondary N) is 1. The fourth-order valence-electron chi connectivity index (χ4n) is 2.23. The van der Waals surface area contributed by atoms with Crippen molar-refractivity contribution in [3.05, 3.63) is 23.8 Å². The van der Waals surface area contributed by atoms with E-state index in [-0.39, 0.29) is 5.54 Å². The highest BCUT2D eigenvalue weighted by molar-refractivity contribution is 5.47. The second kappa shape index (κ2) is 4.96. The lowest BCUT2D eigenvalue weighted by Crippen LogP contribution is -2.29. The van der Waals surface area contributed by atoms with Gasteiger partial charge in [-0.3, -0.25) is 0 Å². The minimum Gasteiger partial charge on any atom is -0.493 e. The number of ether oxygens (including phenoxy) is 2. The van der Waals surface area contributed by atoms with Crippen molar-refractivity contribution in [3.8, 4) is 11.5 Å². The number of rotatable bonds is 6. The van der Waals surface area contributed by atoms with Crippen LogP contribution in [0.15, 0.2) is 18.2 Å². The zero-order chi connectivity index (χ0) is 12.3. The third-order valence-corrected chi connectivity index (χ3v) is 3.48.